The number of carbonyl (C=O) groups excluding carboxylic acids is 1. The fraction of sp³-hybridized carbons (Fsp3) is 0.538. The summed E-state index contributed by atoms with van der Waals surface area (Å²) in [6, 6.07) is 3.56. The summed E-state index contributed by atoms with van der Waals surface area (Å²) >= 11 is 5.83. The molecule has 0 saturated carbocycles. The largest absolute Gasteiger partial charge is 0.457 e. The smallest absolute Gasteiger partial charge is 0.372 e. The molecule has 0 N–H and O–H groups in total. The first-order valence-corrected chi connectivity index (χ1v) is 6.01. The summed E-state index contributed by atoms with van der Waals surface area (Å²) in [5.41, 5.74) is -0.0470. The van der Waals surface area contributed by atoms with E-state index in [2.05, 4.69) is 0 Å². The number of nitrogens with zero attached hydrogens (tertiary/aromatic N) is 1. The Kier molecular flexibility index (Phi) is 4.52. The van der Waals surface area contributed by atoms with Gasteiger partial charge in [-0.05, 0) is 18.4 Å². The Morgan fingerprint density at radius 2 is 2.18 bits per heavy atom. The van der Waals surface area contributed by atoms with E-state index in [1.807, 2.05) is 27.7 Å². The maximum Gasteiger partial charge on any atom is 0.372 e. The van der Waals surface area contributed by atoms with Gasteiger partial charge >= 0.3 is 5.97 Å². The standard InChI is InChI=1S/C13H19ClNO2/c1-10(13(2,3)4)17-12(16)9-15-7-5-6-11(14)8-15/h5-8,10H,9H2,1-4H3/q+1/t10-/m1/s1. The minimum absolute atomic E-state index is 0.0470. The molecular formula is C13H19ClNO2+. The highest BCUT2D eigenvalue weighted by molar-refractivity contribution is 6.30. The van der Waals surface area contributed by atoms with Crippen molar-refractivity contribution in [2.45, 2.75) is 40.3 Å². The molecule has 1 heterocycles. The fourth-order valence-corrected chi connectivity index (χ4v) is 1.35. The van der Waals surface area contributed by atoms with E-state index in [0.717, 1.165) is 0 Å². The van der Waals surface area contributed by atoms with Gasteiger partial charge in [-0.1, -0.05) is 32.4 Å². The van der Waals surface area contributed by atoms with E-state index in [-0.39, 0.29) is 24.0 Å². The second-order valence-electron chi connectivity index (χ2n) is 5.19. The molecule has 0 fully saturated rings. The van der Waals surface area contributed by atoms with E-state index in [1.165, 1.54) is 0 Å². The Morgan fingerprint density at radius 1 is 1.53 bits per heavy atom. The van der Waals surface area contributed by atoms with Gasteiger partial charge in [-0.15, -0.1) is 0 Å². The van der Waals surface area contributed by atoms with Crippen molar-refractivity contribution in [3.8, 4) is 0 Å². The van der Waals surface area contributed by atoms with Gasteiger partial charge in [0.25, 0.3) is 0 Å². The normalized spacial score (nSPS) is 13.2. The lowest BCUT2D eigenvalue weighted by atomic mass is 9.90. The lowest BCUT2D eigenvalue weighted by Crippen LogP contribution is -2.40. The number of carbonyl (C=O) groups is 1. The lowest BCUT2D eigenvalue weighted by Gasteiger charge is -2.26. The topological polar surface area (TPSA) is 30.2 Å². The van der Waals surface area contributed by atoms with Crippen LogP contribution in [0, 0.1) is 5.41 Å². The molecule has 1 atom stereocenters. The van der Waals surface area contributed by atoms with Crippen LogP contribution in [0.5, 0.6) is 0 Å². The third-order valence-corrected chi connectivity index (χ3v) is 2.89. The molecule has 94 valence electrons. The van der Waals surface area contributed by atoms with Gasteiger partial charge in [-0.25, -0.2) is 4.79 Å². The van der Waals surface area contributed by atoms with Crippen LogP contribution in [0.4, 0.5) is 0 Å². The predicted octanol–water partition coefficient (Wildman–Crippen LogP) is 2.61. The zero-order valence-electron chi connectivity index (χ0n) is 10.7. The molecule has 0 radical (unpaired) electrons. The second-order valence-corrected chi connectivity index (χ2v) is 5.63. The quantitative estimate of drug-likeness (QED) is 0.615. The third-order valence-electron chi connectivity index (χ3n) is 2.66. The Bertz CT molecular complexity index is 399. The van der Waals surface area contributed by atoms with Gasteiger partial charge in [0.1, 0.15) is 11.1 Å². The number of ether oxygens (including phenoxy) is 1. The van der Waals surface area contributed by atoms with Gasteiger partial charge in [-0.2, -0.15) is 4.57 Å². The summed E-state index contributed by atoms with van der Waals surface area (Å²) in [4.78, 5) is 11.7. The summed E-state index contributed by atoms with van der Waals surface area (Å²) < 4.78 is 7.06. The van der Waals surface area contributed by atoms with E-state index in [0.29, 0.717) is 5.02 Å². The molecule has 0 aliphatic carbocycles. The van der Waals surface area contributed by atoms with Gasteiger partial charge in [-0.3, -0.25) is 0 Å². The minimum Gasteiger partial charge on any atom is -0.457 e. The van der Waals surface area contributed by atoms with E-state index in [4.69, 9.17) is 16.3 Å². The molecule has 1 aromatic heterocycles. The SMILES string of the molecule is C[C@@H](OC(=O)C[n+]1cccc(Cl)c1)C(C)(C)C. The molecule has 1 rings (SSSR count). The van der Waals surface area contributed by atoms with Crippen molar-refractivity contribution in [1.29, 1.82) is 0 Å². The van der Waals surface area contributed by atoms with Crippen molar-refractivity contribution in [1.82, 2.24) is 0 Å². The van der Waals surface area contributed by atoms with Crippen molar-refractivity contribution in [2.24, 2.45) is 5.41 Å². The van der Waals surface area contributed by atoms with Gasteiger partial charge in [0.2, 0.25) is 6.54 Å². The molecule has 0 amide bonds. The van der Waals surface area contributed by atoms with E-state index in [9.17, 15) is 4.79 Å². The molecule has 4 heteroatoms. The van der Waals surface area contributed by atoms with Gasteiger partial charge < -0.3 is 4.74 Å². The molecule has 0 aliphatic rings. The predicted molar refractivity (Wildman–Crippen MR) is 66.7 cm³/mol. The van der Waals surface area contributed by atoms with Crippen molar-refractivity contribution >= 4 is 17.6 Å². The first-order chi connectivity index (χ1) is 7.79. The highest BCUT2D eigenvalue weighted by Crippen LogP contribution is 2.21. The van der Waals surface area contributed by atoms with Crippen LogP contribution < -0.4 is 4.57 Å². The lowest BCUT2D eigenvalue weighted by molar-refractivity contribution is -0.686. The molecule has 17 heavy (non-hydrogen) atoms. The van der Waals surface area contributed by atoms with Crippen LogP contribution >= 0.6 is 11.6 Å². The summed E-state index contributed by atoms with van der Waals surface area (Å²) in [7, 11) is 0. The maximum atomic E-state index is 11.7. The highest BCUT2D eigenvalue weighted by atomic mass is 35.5. The average molecular weight is 257 g/mol. The van der Waals surface area contributed by atoms with Crippen LogP contribution in [0.1, 0.15) is 27.7 Å². The maximum absolute atomic E-state index is 11.7. The number of rotatable bonds is 3. The summed E-state index contributed by atoms with van der Waals surface area (Å²) in [6.45, 7) is 8.20. The van der Waals surface area contributed by atoms with Crippen LogP contribution in [0.25, 0.3) is 0 Å². The molecule has 0 bridgehead atoms. The van der Waals surface area contributed by atoms with Crippen molar-refractivity contribution in [2.75, 3.05) is 0 Å². The van der Waals surface area contributed by atoms with E-state index < -0.39 is 0 Å². The number of hydrogen-bond donors (Lipinski definition) is 0. The van der Waals surface area contributed by atoms with Gasteiger partial charge in [0, 0.05) is 6.07 Å². The number of halogens is 1. The van der Waals surface area contributed by atoms with E-state index >= 15 is 0 Å². The van der Waals surface area contributed by atoms with Gasteiger partial charge in [0.05, 0.1) is 0 Å². The monoisotopic (exact) mass is 256 g/mol. The Morgan fingerprint density at radius 3 is 2.71 bits per heavy atom. The molecule has 3 nitrogen and oxygen atoms in total. The first kappa shape index (κ1) is 14.0. The zero-order valence-corrected chi connectivity index (χ0v) is 11.5. The Balaban J connectivity index is 2.56. The number of esters is 1. The van der Waals surface area contributed by atoms with Crippen LogP contribution in [0.2, 0.25) is 5.02 Å². The van der Waals surface area contributed by atoms with Crippen LogP contribution in [-0.2, 0) is 16.1 Å². The molecule has 1 aromatic rings. The van der Waals surface area contributed by atoms with E-state index in [1.54, 1.807) is 29.1 Å². The van der Waals surface area contributed by atoms with Gasteiger partial charge in [0.15, 0.2) is 12.4 Å². The molecule has 0 spiro atoms. The molecule has 0 aliphatic heterocycles. The van der Waals surface area contributed by atoms with Crippen molar-refractivity contribution in [3.05, 3.63) is 29.5 Å². The van der Waals surface area contributed by atoms with Crippen molar-refractivity contribution in [3.63, 3.8) is 0 Å². The molecular weight excluding hydrogens is 238 g/mol. The third kappa shape index (κ3) is 4.73. The van der Waals surface area contributed by atoms with Crippen LogP contribution in [-0.4, -0.2) is 12.1 Å². The summed E-state index contributed by atoms with van der Waals surface area (Å²) in [5, 5.41) is 0.601. The van der Waals surface area contributed by atoms with Crippen molar-refractivity contribution < 1.29 is 14.1 Å². The second kappa shape index (κ2) is 5.50. The Labute approximate surface area is 107 Å². The zero-order chi connectivity index (χ0) is 13.1. The summed E-state index contributed by atoms with van der Waals surface area (Å²) in [5.74, 6) is -0.250. The summed E-state index contributed by atoms with van der Waals surface area (Å²) in [6.07, 6.45) is 3.37. The average Bonchev–Trinajstić information content (AvgIpc) is 2.15. The molecule has 0 aromatic carbocycles. The number of hydrogen-bond acceptors (Lipinski definition) is 2. The minimum atomic E-state index is -0.250. The molecule has 0 unspecified atom stereocenters. The first-order valence-electron chi connectivity index (χ1n) is 5.63. The van der Waals surface area contributed by atoms with Crippen LogP contribution in [0.3, 0.4) is 0 Å². The highest BCUT2D eigenvalue weighted by Gasteiger charge is 2.25. The Hall–Kier alpha value is -1.09. The van der Waals surface area contributed by atoms with Crippen LogP contribution in [0.15, 0.2) is 24.5 Å². The fourth-order valence-electron chi connectivity index (χ4n) is 1.15. The number of pyridine rings is 1. The molecule has 0 saturated heterocycles. The number of aromatic nitrogens is 1.